The minimum absolute atomic E-state index is 0.0751. The molecule has 1 aromatic carbocycles. The van der Waals surface area contributed by atoms with Crippen molar-refractivity contribution in [3.63, 3.8) is 0 Å². The Bertz CT molecular complexity index is 759. The van der Waals surface area contributed by atoms with Crippen LogP contribution >= 0.6 is 0 Å². The van der Waals surface area contributed by atoms with Gasteiger partial charge in [-0.05, 0) is 11.5 Å². The second-order valence-electron chi connectivity index (χ2n) is 4.46. The molecule has 5 nitrogen and oxygen atoms in total. The first-order valence-corrected chi connectivity index (χ1v) is 6.46. The number of rotatable bonds is 4. The Hall–Kier alpha value is -2.56. The summed E-state index contributed by atoms with van der Waals surface area (Å²) in [5, 5.41) is 5.95. The molecule has 100 valence electrons. The molecule has 0 unspecified atom stereocenters. The number of ketones is 1. The molecule has 3 rings (SSSR count). The van der Waals surface area contributed by atoms with E-state index in [0.29, 0.717) is 23.8 Å². The van der Waals surface area contributed by atoms with Gasteiger partial charge in [0, 0.05) is 18.0 Å². The minimum Gasteiger partial charge on any atom is -0.338 e. The maximum Gasteiger partial charge on any atom is 0.234 e. The minimum atomic E-state index is 0.0751. The van der Waals surface area contributed by atoms with E-state index in [9.17, 15) is 4.79 Å². The van der Waals surface area contributed by atoms with Crippen molar-refractivity contribution in [2.45, 2.75) is 19.8 Å². The van der Waals surface area contributed by atoms with E-state index in [4.69, 9.17) is 4.52 Å². The first-order valence-electron chi connectivity index (χ1n) is 6.46. The van der Waals surface area contributed by atoms with Crippen LogP contribution in [0.25, 0.3) is 22.3 Å². The lowest BCUT2D eigenvalue weighted by Gasteiger charge is -2.00. The van der Waals surface area contributed by atoms with Crippen LogP contribution in [-0.2, 0) is 11.2 Å². The number of aromatic nitrogens is 3. The summed E-state index contributed by atoms with van der Waals surface area (Å²) >= 11 is 0. The van der Waals surface area contributed by atoms with Gasteiger partial charge in [0.15, 0.2) is 0 Å². The quantitative estimate of drug-likeness (QED) is 0.727. The predicted molar refractivity (Wildman–Crippen MR) is 74.0 cm³/mol. The number of benzene rings is 1. The Morgan fingerprint density at radius 2 is 2.10 bits per heavy atom. The molecule has 0 aliphatic carbocycles. The lowest BCUT2D eigenvalue weighted by Crippen LogP contribution is -2.00. The number of carbonyl (C=O) groups excluding carboxylic acids is 1. The van der Waals surface area contributed by atoms with Crippen molar-refractivity contribution in [2.75, 3.05) is 0 Å². The zero-order valence-electron chi connectivity index (χ0n) is 11.0. The highest BCUT2D eigenvalue weighted by atomic mass is 16.5. The molecule has 0 N–H and O–H groups in total. The van der Waals surface area contributed by atoms with Gasteiger partial charge in [0.2, 0.25) is 11.7 Å². The van der Waals surface area contributed by atoms with Crippen LogP contribution in [-0.4, -0.2) is 20.9 Å². The van der Waals surface area contributed by atoms with Crippen molar-refractivity contribution in [3.8, 4) is 11.5 Å². The van der Waals surface area contributed by atoms with E-state index in [1.54, 1.807) is 6.20 Å². The SMILES string of the molecule is CCC(=O)Cc1nc(-c2nccc3ccccc23)no1. The van der Waals surface area contributed by atoms with Gasteiger partial charge >= 0.3 is 0 Å². The number of nitrogens with zero attached hydrogens (tertiary/aromatic N) is 3. The average Bonchev–Trinajstić information content (AvgIpc) is 2.94. The number of hydrogen-bond donors (Lipinski definition) is 0. The molecular formula is C15H13N3O2. The Balaban J connectivity index is 2.01. The van der Waals surface area contributed by atoms with E-state index in [0.717, 1.165) is 10.8 Å². The van der Waals surface area contributed by atoms with Gasteiger partial charge in [-0.2, -0.15) is 4.98 Å². The number of carbonyl (C=O) groups is 1. The van der Waals surface area contributed by atoms with Gasteiger partial charge in [0.05, 0.1) is 6.42 Å². The van der Waals surface area contributed by atoms with Crippen LogP contribution in [0.15, 0.2) is 41.1 Å². The third-order valence-electron chi connectivity index (χ3n) is 3.10. The highest BCUT2D eigenvalue weighted by molar-refractivity contribution is 5.92. The predicted octanol–water partition coefficient (Wildman–Crippen LogP) is 2.81. The molecule has 2 aromatic heterocycles. The zero-order valence-corrected chi connectivity index (χ0v) is 11.0. The van der Waals surface area contributed by atoms with E-state index < -0.39 is 0 Å². The van der Waals surface area contributed by atoms with Crippen LogP contribution in [0.4, 0.5) is 0 Å². The maximum atomic E-state index is 11.4. The Morgan fingerprint density at radius 1 is 1.25 bits per heavy atom. The molecule has 0 saturated carbocycles. The normalized spacial score (nSPS) is 10.8. The molecule has 0 saturated heterocycles. The van der Waals surface area contributed by atoms with Crippen molar-refractivity contribution in [1.82, 2.24) is 15.1 Å². The average molecular weight is 267 g/mol. The second-order valence-corrected chi connectivity index (χ2v) is 4.46. The first-order chi connectivity index (χ1) is 9.78. The highest BCUT2D eigenvalue weighted by Crippen LogP contribution is 2.24. The van der Waals surface area contributed by atoms with Crippen molar-refractivity contribution in [2.24, 2.45) is 0 Å². The van der Waals surface area contributed by atoms with Crippen molar-refractivity contribution >= 4 is 16.6 Å². The molecule has 3 aromatic rings. The summed E-state index contributed by atoms with van der Waals surface area (Å²) in [5.41, 5.74) is 0.669. The lowest BCUT2D eigenvalue weighted by molar-refractivity contribution is -0.118. The molecule has 2 heterocycles. The Morgan fingerprint density at radius 3 is 2.95 bits per heavy atom. The Kier molecular flexibility index (Phi) is 3.25. The van der Waals surface area contributed by atoms with Crippen LogP contribution in [0.1, 0.15) is 19.2 Å². The van der Waals surface area contributed by atoms with Gasteiger partial charge in [-0.15, -0.1) is 0 Å². The van der Waals surface area contributed by atoms with Crippen LogP contribution in [0, 0.1) is 0 Å². The van der Waals surface area contributed by atoms with Gasteiger partial charge in [0.25, 0.3) is 0 Å². The van der Waals surface area contributed by atoms with Gasteiger partial charge < -0.3 is 4.52 Å². The summed E-state index contributed by atoms with van der Waals surface area (Å²) in [7, 11) is 0. The molecule has 20 heavy (non-hydrogen) atoms. The summed E-state index contributed by atoms with van der Waals surface area (Å²) in [5.74, 6) is 0.827. The van der Waals surface area contributed by atoms with E-state index in [2.05, 4.69) is 15.1 Å². The fraction of sp³-hybridized carbons (Fsp3) is 0.200. The van der Waals surface area contributed by atoms with Crippen molar-refractivity contribution in [3.05, 3.63) is 42.4 Å². The summed E-state index contributed by atoms with van der Waals surface area (Å²) in [6.07, 6.45) is 2.35. The van der Waals surface area contributed by atoms with E-state index in [-0.39, 0.29) is 12.2 Å². The summed E-state index contributed by atoms with van der Waals surface area (Å²) in [6.45, 7) is 1.81. The lowest BCUT2D eigenvalue weighted by atomic mass is 10.1. The maximum absolute atomic E-state index is 11.4. The van der Waals surface area contributed by atoms with E-state index in [1.807, 2.05) is 37.3 Å². The summed E-state index contributed by atoms with van der Waals surface area (Å²) in [4.78, 5) is 20.0. The molecular weight excluding hydrogens is 254 g/mol. The topological polar surface area (TPSA) is 68.9 Å². The summed E-state index contributed by atoms with van der Waals surface area (Å²) < 4.78 is 5.12. The smallest absolute Gasteiger partial charge is 0.234 e. The van der Waals surface area contributed by atoms with Gasteiger partial charge in [-0.25, -0.2) is 0 Å². The molecule has 0 fully saturated rings. The molecule has 0 aliphatic rings. The zero-order chi connectivity index (χ0) is 13.9. The largest absolute Gasteiger partial charge is 0.338 e. The fourth-order valence-electron chi connectivity index (χ4n) is 2.01. The van der Waals surface area contributed by atoms with Crippen LogP contribution in [0.5, 0.6) is 0 Å². The van der Waals surface area contributed by atoms with Crippen LogP contribution < -0.4 is 0 Å². The molecule has 5 heteroatoms. The third kappa shape index (κ3) is 2.30. The summed E-state index contributed by atoms with van der Waals surface area (Å²) in [6, 6.07) is 9.80. The Labute approximate surface area is 115 Å². The van der Waals surface area contributed by atoms with E-state index >= 15 is 0 Å². The number of pyridine rings is 1. The molecule has 0 amide bonds. The van der Waals surface area contributed by atoms with Crippen LogP contribution in [0.3, 0.4) is 0 Å². The molecule has 0 aliphatic heterocycles. The van der Waals surface area contributed by atoms with Gasteiger partial charge in [0.1, 0.15) is 11.5 Å². The first kappa shape index (κ1) is 12.5. The molecule has 0 radical (unpaired) electrons. The standard InChI is InChI=1S/C15H13N3O2/c1-2-11(19)9-13-17-15(18-20-13)14-12-6-4-3-5-10(12)7-8-16-14/h3-8H,2,9H2,1H3. The number of Topliss-reactive ketones (excluding diaryl/α,β-unsaturated/α-hetero) is 1. The van der Waals surface area contributed by atoms with Crippen LogP contribution in [0.2, 0.25) is 0 Å². The molecule has 0 bridgehead atoms. The molecule has 0 atom stereocenters. The highest BCUT2D eigenvalue weighted by Gasteiger charge is 2.14. The van der Waals surface area contributed by atoms with Crippen molar-refractivity contribution in [1.29, 1.82) is 0 Å². The fourth-order valence-corrected chi connectivity index (χ4v) is 2.01. The van der Waals surface area contributed by atoms with Gasteiger partial charge in [-0.3, -0.25) is 9.78 Å². The molecule has 0 spiro atoms. The number of fused-ring (bicyclic) bond motifs is 1. The second kappa shape index (κ2) is 5.21. The van der Waals surface area contributed by atoms with Crippen molar-refractivity contribution < 1.29 is 9.32 Å². The van der Waals surface area contributed by atoms with Gasteiger partial charge in [-0.1, -0.05) is 36.3 Å². The monoisotopic (exact) mass is 267 g/mol. The third-order valence-corrected chi connectivity index (χ3v) is 3.10. The number of hydrogen-bond acceptors (Lipinski definition) is 5. The van der Waals surface area contributed by atoms with E-state index in [1.165, 1.54) is 0 Å².